The van der Waals surface area contributed by atoms with Crippen molar-refractivity contribution in [1.29, 1.82) is 0 Å². The van der Waals surface area contributed by atoms with E-state index in [9.17, 15) is 18.0 Å². The number of benzene rings is 1. The largest absolute Gasteiger partial charge is 0.352 e. The van der Waals surface area contributed by atoms with E-state index in [2.05, 4.69) is 10.0 Å². The summed E-state index contributed by atoms with van der Waals surface area (Å²) in [7, 11) is -3.87. The Bertz CT molecular complexity index is 891. The lowest BCUT2D eigenvalue weighted by Crippen LogP contribution is -2.51. The summed E-state index contributed by atoms with van der Waals surface area (Å²) in [6.45, 7) is 7.11. The van der Waals surface area contributed by atoms with Crippen LogP contribution in [0.15, 0.2) is 23.1 Å². The van der Waals surface area contributed by atoms with Gasteiger partial charge in [0.05, 0.1) is 4.90 Å². The number of carbonyl (C=O) groups is 2. The molecule has 0 spiro atoms. The molecule has 1 aromatic carbocycles. The van der Waals surface area contributed by atoms with Crippen LogP contribution in [0.1, 0.15) is 58.9 Å². The number of nitrogens with zero attached hydrogens (tertiary/aromatic N) is 1. The lowest BCUT2D eigenvalue weighted by atomic mass is 10.0. The monoisotopic (exact) mass is 421 g/mol. The van der Waals surface area contributed by atoms with Gasteiger partial charge in [-0.15, -0.1) is 0 Å². The Labute approximate surface area is 173 Å². The minimum absolute atomic E-state index is 0.00554. The molecule has 1 fully saturated rings. The highest BCUT2D eigenvalue weighted by Gasteiger charge is 2.33. The number of carbonyl (C=O) groups excluding carboxylic acids is 2. The van der Waals surface area contributed by atoms with Gasteiger partial charge in [-0.25, -0.2) is 8.42 Å². The number of anilines is 1. The van der Waals surface area contributed by atoms with E-state index in [0.29, 0.717) is 6.42 Å². The van der Waals surface area contributed by atoms with Crippen LogP contribution in [0, 0.1) is 5.92 Å². The number of hydrogen-bond donors (Lipinski definition) is 2. The zero-order valence-corrected chi connectivity index (χ0v) is 18.4. The second-order valence-corrected chi connectivity index (χ2v) is 10.3. The third-order valence-electron chi connectivity index (χ3n) is 5.85. The molecule has 3 rings (SSSR count). The predicted octanol–water partition coefficient (Wildman–Crippen LogP) is 2.35. The number of fused-ring (bicyclic) bond motifs is 1. The van der Waals surface area contributed by atoms with Crippen LogP contribution in [0.5, 0.6) is 0 Å². The Morgan fingerprint density at radius 2 is 1.83 bits per heavy atom. The lowest BCUT2D eigenvalue weighted by molar-refractivity contribution is -0.124. The molecule has 0 aromatic heterocycles. The van der Waals surface area contributed by atoms with Gasteiger partial charge in [-0.1, -0.05) is 26.7 Å². The minimum Gasteiger partial charge on any atom is -0.352 e. The summed E-state index contributed by atoms with van der Waals surface area (Å²) >= 11 is 0. The maximum absolute atomic E-state index is 13.0. The Kier molecular flexibility index (Phi) is 6.33. The van der Waals surface area contributed by atoms with Gasteiger partial charge < -0.3 is 10.2 Å². The molecule has 0 bridgehead atoms. The molecule has 7 nitrogen and oxygen atoms in total. The van der Waals surface area contributed by atoms with Crippen molar-refractivity contribution >= 4 is 27.5 Å². The van der Waals surface area contributed by atoms with Crippen molar-refractivity contribution in [2.24, 2.45) is 5.92 Å². The summed E-state index contributed by atoms with van der Waals surface area (Å²) in [4.78, 5) is 26.4. The van der Waals surface area contributed by atoms with Crippen molar-refractivity contribution in [3.05, 3.63) is 23.8 Å². The molecule has 0 radical (unpaired) electrons. The lowest BCUT2D eigenvalue weighted by Gasteiger charge is -2.24. The zero-order chi connectivity index (χ0) is 21.3. The molecule has 160 valence electrons. The van der Waals surface area contributed by atoms with E-state index in [0.717, 1.165) is 36.9 Å². The second kappa shape index (κ2) is 8.44. The summed E-state index contributed by atoms with van der Waals surface area (Å²) < 4.78 is 28.6. The van der Waals surface area contributed by atoms with Crippen molar-refractivity contribution in [3.63, 3.8) is 0 Å². The average molecular weight is 422 g/mol. The van der Waals surface area contributed by atoms with Crippen LogP contribution < -0.4 is 14.9 Å². The third kappa shape index (κ3) is 4.64. The normalized spacial score (nSPS) is 20.7. The fourth-order valence-electron chi connectivity index (χ4n) is 4.34. The second-order valence-electron chi connectivity index (χ2n) is 8.57. The van der Waals surface area contributed by atoms with Gasteiger partial charge in [0.1, 0.15) is 6.04 Å². The molecule has 8 heteroatoms. The molecule has 1 aliphatic heterocycles. The van der Waals surface area contributed by atoms with Crippen LogP contribution in [0.2, 0.25) is 0 Å². The smallest absolute Gasteiger partial charge is 0.241 e. The standard InChI is InChI=1S/C21H31N3O4S/c1-13(2)20(21(26)22-17-7-5-6-8-17)23-29(27,28)18-9-10-19-16(12-18)11-14(3)24(19)15(4)25/h9-10,12-14,17,20,23H,5-8,11H2,1-4H3,(H,22,26). The summed E-state index contributed by atoms with van der Waals surface area (Å²) in [5, 5.41) is 2.99. The average Bonchev–Trinajstić information content (AvgIpc) is 3.24. The highest BCUT2D eigenvalue weighted by atomic mass is 32.2. The van der Waals surface area contributed by atoms with Crippen LogP contribution in [-0.4, -0.2) is 38.4 Å². The highest BCUT2D eigenvalue weighted by molar-refractivity contribution is 7.89. The molecule has 0 saturated heterocycles. The van der Waals surface area contributed by atoms with Crippen molar-refractivity contribution in [2.45, 2.75) is 82.8 Å². The van der Waals surface area contributed by atoms with Gasteiger partial charge in [-0.05, 0) is 55.9 Å². The molecule has 1 heterocycles. The number of amides is 2. The van der Waals surface area contributed by atoms with E-state index in [1.165, 1.54) is 13.0 Å². The van der Waals surface area contributed by atoms with E-state index >= 15 is 0 Å². The molecular weight excluding hydrogens is 390 g/mol. The van der Waals surface area contributed by atoms with Gasteiger partial charge in [0.15, 0.2) is 0 Å². The fourth-order valence-corrected chi connectivity index (χ4v) is 5.74. The molecule has 2 amide bonds. The van der Waals surface area contributed by atoms with E-state index in [-0.39, 0.29) is 34.7 Å². The Morgan fingerprint density at radius 3 is 2.41 bits per heavy atom. The van der Waals surface area contributed by atoms with Gasteiger partial charge in [-0.2, -0.15) is 4.72 Å². The van der Waals surface area contributed by atoms with Crippen LogP contribution in [0.3, 0.4) is 0 Å². The molecule has 2 unspecified atom stereocenters. The van der Waals surface area contributed by atoms with E-state index < -0.39 is 16.1 Å². The number of nitrogens with one attached hydrogen (secondary N) is 2. The summed E-state index contributed by atoms with van der Waals surface area (Å²) in [5.74, 6) is -0.518. The predicted molar refractivity (Wildman–Crippen MR) is 112 cm³/mol. The topological polar surface area (TPSA) is 95.6 Å². The maximum Gasteiger partial charge on any atom is 0.241 e. The van der Waals surface area contributed by atoms with Gasteiger partial charge in [0.25, 0.3) is 0 Å². The van der Waals surface area contributed by atoms with Gasteiger partial charge >= 0.3 is 0 Å². The first-order chi connectivity index (χ1) is 13.6. The highest BCUT2D eigenvalue weighted by Crippen LogP contribution is 2.34. The first-order valence-corrected chi connectivity index (χ1v) is 11.8. The summed E-state index contributed by atoms with van der Waals surface area (Å²) in [6.07, 6.45) is 4.67. The molecule has 2 atom stereocenters. The SMILES string of the molecule is CC(=O)N1c2ccc(S(=O)(=O)NC(C(=O)NC3CCCC3)C(C)C)cc2CC1C. The zero-order valence-electron chi connectivity index (χ0n) is 17.6. The number of sulfonamides is 1. The van der Waals surface area contributed by atoms with Crippen LogP contribution in [0.4, 0.5) is 5.69 Å². The fraction of sp³-hybridized carbons (Fsp3) is 0.619. The van der Waals surface area contributed by atoms with Crippen molar-refractivity contribution in [3.8, 4) is 0 Å². The molecule has 29 heavy (non-hydrogen) atoms. The first kappa shape index (κ1) is 21.8. The Morgan fingerprint density at radius 1 is 1.17 bits per heavy atom. The molecule has 2 N–H and O–H groups in total. The Hall–Kier alpha value is -1.93. The quantitative estimate of drug-likeness (QED) is 0.737. The van der Waals surface area contributed by atoms with Crippen LogP contribution >= 0.6 is 0 Å². The molecule has 1 aromatic rings. The molecule has 2 aliphatic rings. The van der Waals surface area contributed by atoms with Crippen LogP contribution in [0.25, 0.3) is 0 Å². The number of rotatable bonds is 6. The number of hydrogen-bond acceptors (Lipinski definition) is 4. The van der Waals surface area contributed by atoms with Gasteiger partial charge in [0, 0.05) is 24.7 Å². The minimum atomic E-state index is -3.87. The Balaban J connectivity index is 1.80. The van der Waals surface area contributed by atoms with Gasteiger partial charge in [0.2, 0.25) is 21.8 Å². The van der Waals surface area contributed by atoms with E-state index in [1.54, 1.807) is 17.0 Å². The third-order valence-corrected chi connectivity index (χ3v) is 7.29. The molecule has 1 saturated carbocycles. The first-order valence-electron chi connectivity index (χ1n) is 10.4. The summed E-state index contributed by atoms with van der Waals surface area (Å²) in [6, 6.07) is 4.09. The van der Waals surface area contributed by atoms with Crippen LogP contribution in [-0.2, 0) is 26.0 Å². The molecular formula is C21H31N3O4S. The molecule has 1 aliphatic carbocycles. The van der Waals surface area contributed by atoms with Gasteiger partial charge in [-0.3, -0.25) is 9.59 Å². The van der Waals surface area contributed by atoms with Crippen molar-refractivity contribution in [2.75, 3.05) is 4.90 Å². The van der Waals surface area contributed by atoms with Crippen molar-refractivity contribution < 1.29 is 18.0 Å². The van der Waals surface area contributed by atoms with E-state index in [4.69, 9.17) is 0 Å². The van der Waals surface area contributed by atoms with Crippen molar-refractivity contribution in [1.82, 2.24) is 10.0 Å². The summed E-state index contributed by atoms with van der Waals surface area (Å²) in [5.41, 5.74) is 1.58. The van der Waals surface area contributed by atoms with E-state index in [1.807, 2.05) is 20.8 Å². The maximum atomic E-state index is 13.0.